The van der Waals surface area contributed by atoms with Crippen LogP contribution in [0.1, 0.15) is 194 Å². The van der Waals surface area contributed by atoms with Gasteiger partial charge in [-0.05, 0) is 44.9 Å². The average molecular weight is 770 g/mol. The summed E-state index contributed by atoms with van der Waals surface area (Å²) in [6.07, 6.45) is 43.2. The molecular weight excluding hydrogens is 689 g/mol. The van der Waals surface area contributed by atoms with Gasteiger partial charge in [-0.25, -0.2) is 4.57 Å². The Kier molecular flexibility index (Phi) is 38.6. The number of unbranched alkanes of at least 4 members (excludes halogenated alkanes) is 21. The third-order valence-corrected chi connectivity index (χ3v) is 10.0. The topological polar surface area (TPSA) is 134 Å². The molecule has 0 aliphatic heterocycles. The Balaban J connectivity index is 4.24. The molecular formula is C43H80NO8P. The number of ether oxygens (including phenoxy) is 2. The number of carbonyl (C=O) groups is 2. The van der Waals surface area contributed by atoms with Crippen molar-refractivity contribution >= 4 is 19.8 Å². The van der Waals surface area contributed by atoms with E-state index in [-0.39, 0.29) is 32.6 Å². The van der Waals surface area contributed by atoms with Crippen LogP contribution < -0.4 is 5.73 Å². The lowest BCUT2D eigenvalue weighted by atomic mass is 10.0. The summed E-state index contributed by atoms with van der Waals surface area (Å²) >= 11 is 0. The molecule has 0 fully saturated rings. The third kappa shape index (κ3) is 39.7. The first-order valence-corrected chi connectivity index (χ1v) is 23.0. The largest absolute Gasteiger partial charge is 0.472 e. The lowest BCUT2D eigenvalue weighted by Gasteiger charge is -2.19. The molecule has 3 N–H and O–H groups in total. The standard InChI is InChI=1S/C43H80NO8P/c1-3-5-7-9-11-13-15-17-19-20-22-24-26-28-30-32-34-36-43(46)52-41(40-51-53(47,48)50-38-37-44)39-49-42(45)35-33-31-29-27-25-23-21-18-16-14-12-10-8-6-4-2/h17,19,22,24,28,30,41H,3-16,18,20-21,23,25-27,29,31-40,44H2,1-2H3,(H,47,48)/b19-17-,24-22-,30-28-/t41-/m1/s1. The Morgan fingerprint density at radius 1 is 0.566 bits per heavy atom. The Hall–Kier alpha value is -1.77. The van der Waals surface area contributed by atoms with Crippen molar-refractivity contribution in [2.45, 2.75) is 200 Å². The van der Waals surface area contributed by atoms with Crippen LogP contribution in [0.3, 0.4) is 0 Å². The minimum atomic E-state index is -4.39. The van der Waals surface area contributed by atoms with Gasteiger partial charge in [0.2, 0.25) is 0 Å². The molecule has 0 rings (SSSR count). The van der Waals surface area contributed by atoms with Crippen molar-refractivity contribution in [3.05, 3.63) is 36.5 Å². The minimum Gasteiger partial charge on any atom is -0.462 e. The molecule has 0 saturated carbocycles. The van der Waals surface area contributed by atoms with Crippen LogP contribution in [0.5, 0.6) is 0 Å². The van der Waals surface area contributed by atoms with Crippen LogP contribution in [-0.2, 0) is 32.7 Å². The van der Waals surface area contributed by atoms with E-state index in [1.807, 2.05) is 6.08 Å². The Morgan fingerprint density at radius 2 is 1.00 bits per heavy atom. The highest BCUT2D eigenvalue weighted by Crippen LogP contribution is 2.43. The SMILES string of the molecule is CCCCCCCC/C=C\C/C=C\C/C=C\CCCC(=O)O[C@H](COC(=O)CCCCCCCCCCCCCCCCC)COP(=O)(O)OCCN. The molecule has 1 unspecified atom stereocenters. The van der Waals surface area contributed by atoms with Crippen molar-refractivity contribution in [3.8, 4) is 0 Å². The molecule has 2 atom stereocenters. The number of hydrogen-bond donors (Lipinski definition) is 2. The monoisotopic (exact) mass is 770 g/mol. The molecule has 0 spiro atoms. The molecule has 0 saturated heterocycles. The van der Waals surface area contributed by atoms with E-state index in [0.29, 0.717) is 6.42 Å². The molecule has 0 aromatic rings. The zero-order valence-electron chi connectivity index (χ0n) is 34.0. The fourth-order valence-corrected chi connectivity index (χ4v) is 6.59. The van der Waals surface area contributed by atoms with E-state index in [4.69, 9.17) is 24.3 Å². The number of rotatable bonds is 40. The van der Waals surface area contributed by atoms with Crippen molar-refractivity contribution < 1.29 is 37.6 Å². The summed E-state index contributed by atoms with van der Waals surface area (Å²) < 4.78 is 32.7. The van der Waals surface area contributed by atoms with E-state index < -0.39 is 32.5 Å². The highest BCUT2D eigenvalue weighted by Gasteiger charge is 2.25. The molecule has 0 radical (unpaired) electrons. The molecule has 9 nitrogen and oxygen atoms in total. The van der Waals surface area contributed by atoms with Crippen molar-refractivity contribution in [2.75, 3.05) is 26.4 Å². The van der Waals surface area contributed by atoms with Crippen LogP contribution in [0.25, 0.3) is 0 Å². The molecule has 0 aromatic carbocycles. The van der Waals surface area contributed by atoms with Crippen LogP contribution >= 0.6 is 7.82 Å². The summed E-state index contributed by atoms with van der Waals surface area (Å²) in [5, 5.41) is 0. The molecule has 0 aliphatic rings. The summed E-state index contributed by atoms with van der Waals surface area (Å²) in [6.45, 7) is 3.68. The van der Waals surface area contributed by atoms with Crippen LogP contribution in [0.15, 0.2) is 36.5 Å². The number of phosphoric acid groups is 1. The number of esters is 2. The molecule has 0 amide bonds. The quantitative estimate of drug-likeness (QED) is 0.0270. The second kappa shape index (κ2) is 39.9. The number of carbonyl (C=O) groups excluding carboxylic acids is 2. The third-order valence-electron chi connectivity index (χ3n) is 9.03. The van der Waals surface area contributed by atoms with E-state index in [0.717, 1.165) is 44.9 Å². The van der Waals surface area contributed by atoms with Gasteiger partial charge in [-0.3, -0.25) is 18.6 Å². The lowest BCUT2D eigenvalue weighted by Crippen LogP contribution is -2.29. The van der Waals surface area contributed by atoms with Crippen LogP contribution in [-0.4, -0.2) is 49.3 Å². The van der Waals surface area contributed by atoms with Gasteiger partial charge in [0.1, 0.15) is 6.61 Å². The first-order chi connectivity index (χ1) is 25.8. The Labute approximate surface area is 324 Å². The summed E-state index contributed by atoms with van der Waals surface area (Å²) in [5.41, 5.74) is 5.34. The van der Waals surface area contributed by atoms with E-state index in [2.05, 4.69) is 44.2 Å². The van der Waals surface area contributed by atoms with Gasteiger partial charge in [-0.15, -0.1) is 0 Å². The predicted octanol–water partition coefficient (Wildman–Crippen LogP) is 12.2. The van der Waals surface area contributed by atoms with Gasteiger partial charge >= 0.3 is 19.8 Å². The van der Waals surface area contributed by atoms with Crippen LogP contribution in [0.4, 0.5) is 0 Å². The lowest BCUT2D eigenvalue weighted by molar-refractivity contribution is -0.161. The van der Waals surface area contributed by atoms with Gasteiger partial charge in [0.25, 0.3) is 0 Å². The van der Waals surface area contributed by atoms with Gasteiger partial charge in [-0.2, -0.15) is 0 Å². The number of hydrogen-bond acceptors (Lipinski definition) is 8. The second-order valence-corrected chi connectivity index (χ2v) is 15.7. The maximum atomic E-state index is 12.5. The number of nitrogens with two attached hydrogens (primary N) is 1. The van der Waals surface area contributed by atoms with Gasteiger partial charge in [0.15, 0.2) is 6.10 Å². The normalized spacial score (nSPS) is 13.7. The smallest absolute Gasteiger partial charge is 0.462 e. The summed E-state index contributed by atoms with van der Waals surface area (Å²) in [7, 11) is -4.39. The van der Waals surface area contributed by atoms with Crippen molar-refractivity contribution in [3.63, 3.8) is 0 Å². The summed E-state index contributed by atoms with van der Waals surface area (Å²) in [4.78, 5) is 34.8. The van der Waals surface area contributed by atoms with E-state index >= 15 is 0 Å². The van der Waals surface area contributed by atoms with Crippen molar-refractivity contribution in [2.24, 2.45) is 5.73 Å². The minimum absolute atomic E-state index is 0.0463. The second-order valence-electron chi connectivity index (χ2n) is 14.2. The Bertz CT molecular complexity index is 970. The van der Waals surface area contributed by atoms with E-state index in [9.17, 15) is 19.0 Å². The highest BCUT2D eigenvalue weighted by atomic mass is 31.2. The van der Waals surface area contributed by atoms with Crippen LogP contribution in [0.2, 0.25) is 0 Å². The predicted molar refractivity (Wildman–Crippen MR) is 220 cm³/mol. The first kappa shape index (κ1) is 51.2. The zero-order chi connectivity index (χ0) is 38.9. The average Bonchev–Trinajstić information content (AvgIpc) is 3.14. The van der Waals surface area contributed by atoms with Gasteiger partial charge in [0, 0.05) is 19.4 Å². The summed E-state index contributed by atoms with van der Waals surface area (Å²) in [6, 6.07) is 0. The van der Waals surface area contributed by atoms with Gasteiger partial charge in [0.05, 0.1) is 13.2 Å². The molecule has 310 valence electrons. The van der Waals surface area contributed by atoms with E-state index in [1.54, 1.807) is 0 Å². The molecule has 0 bridgehead atoms. The fourth-order valence-electron chi connectivity index (χ4n) is 5.83. The van der Waals surface area contributed by atoms with Crippen molar-refractivity contribution in [1.82, 2.24) is 0 Å². The maximum Gasteiger partial charge on any atom is 0.472 e. The maximum absolute atomic E-state index is 12.5. The van der Waals surface area contributed by atoms with E-state index in [1.165, 1.54) is 116 Å². The molecule has 0 aromatic heterocycles. The number of allylic oxidation sites excluding steroid dienone is 6. The first-order valence-electron chi connectivity index (χ1n) is 21.5. The number of phosphoric ester groups is 1. The Morgan fingerprint density at radius 3 is 1.51 bits per heavy atom. The molecule has 10 heteroatoms. The van der Waals surface area contributed by atoms with Gasteiger partial charge < -0.3 is 20.1 Å². The van der Waals surface area contributed by atoms with Crippen LogP contribution in [0, 0.1) is 0 Å². The molecule has 53 heavy (non-hydrogen) atoms. The zero-order valence-corrected chi connectivity index (χ0v) is 34.9. The fraction of sp³-hybridized carbons (Fsp3) is 0.814. The summed E-state index contributed by atoms with van der Waals surface area (Å²) in [5.74, 6) is -0.885. The molecule has 0 heterocycles. The van der Waals surface area contributed by atoms with Gasteiger partial charge in [-0.1, -0.05) is 172 Å². The molecule has 0 aliphatic carbocycles. The highest BCUT2D eigenvalue weighted by molar-refractivity contribution is 7.47. The van der Waals surface area contributed by atoms with Crippen molar-refractivity contribution in [1.29, 1.82) is 0 Å².